The van der Waals surface area contributed by atoms with Crippen molar-refractivity contribution in [1.82, 2.24) is 9.03 Å². The molecule has 0 aliphatic carbocycles. The predicted octanol–water partition coefficient (Wildman–Crippen LogP) is 1.24. The van der Waals surface area contributed by atoms with Crippen molar-refractivity contribution in [2.45, 2.75) is 6.54 Å². The Bertz CT molecular complexity index is 431. The van der Waals surface area contributed by atoms with Crippen molar-refractivity contribution >= 4 is 21.8 Å². The molecule has 0 radical (unpaired) electrons. The van der Waals surface area contributed by atoms with E-state index in [-0.39, 0.29) is 6.54 Å². The topological polar surface area (TPSA) is 49.4 Å². The average molecular weight is 249 g/mol. The van der Waals surface area contributed by atoms with E-state index in [2.05, 4.69) is 4.72 Å². The van der Waals surface area contributed by atoms with Gasteiger partial charge in [-0.25, -0.2) is 0 Å². The summed E-state index contributed by atoms with van der Waals surface area (Å²) in [7, 11) is -0.424. The SMILES string of the molecule is CN(C)S(=O)(=O)NCc1cccc(Cl)c1. The largest absolute Gasteiger partial charge is 0.279 e. The van der Waals surface area contributed by atoms with E-state index < -0.39 is 10.2 Å². The summed E-state index contributed by atoms with van der Waals surface area (Å²) in [6.45, 7) is 0.237. The molecule has 1 rings (SSSR count). The van der Waals surface area contributed by atoms with E-state index in [1.54, 1.807) is 18.2 Å². The molecule has 0 saturated heterocycles. The Balaban J connectivity index is 2.66. The summed E-state index contributed by atoms with van der Waals surface area (Å²) in [5.74, 6) is 0. The smallest absolute Gasteiger partial charge is 0.198 e. The molecule has 6 heteroatoms. The van der Waals surface area contributed by atoms with Crippen molar-refractivity contribution in [2.75, 3.05) is 14.1 Å². The minimum atomic E-state index is -3.37. The first-order chi connectivity index (χ1) is 6.92. The van der Waals surface area contributed by atoms with Crippen molar-refractivity contribution < 1.29 is 8.42 Å². The van der Waals surface area contributed by atoms with Gasteiger partial charge in [0.1, 0.15) is 0 Å². The molecule has 0 unspecified atom stereocenters. The number of nitrogens with zero attached hydrogens (tertiary/aromatic N) is 1. The van der Waals surface area contributed by atoms with Crippen LogP contribution in [-0.2, 0) is 16.8 Å². The average Bonchev–Trinajstić information content (AvgIpc) is 2.15. The van der Waals surface area contributed by atoms with Crippen LogP contribution in [0.3, 0.4) is 0 Å². The van der Waals surface area contributed by atoms with Crippen LogP contribution in [0.25, 0.3) is 0 Å². The molecule has 0 spiro atoms. The maximum atomic E-state index is 11.4. The van der Waals surface area contributed by atoms with Crippen LogP contribution in [0.5, 0.6) is 0 Å². The van der Waals surface area contributed by atoms with Crippen molar-refractivity contribution in [3.63, 3.8) is 0 Å². The van der Waals surface area contributed by atoms with Crippen molar-refractivity contribution in [2.24, 2.45) is 0 Å². The molecule has 0 saturated carbocycles. The Morgan fingerprint density at radius 1 is 1.40 bits per heavy atom. The Morgan fingerprint density at radius 3 is 2.60 bits per heavy atom. The molecule has 15 heavy (non-hydrogen) atoms. The normalized spacial score (nSPS) is 12.0. The van der Waals surface area contributed by atoms with Gasteiger partial charge in [-0.1, -0.05) is 23.7 Å². The van der Waals surface area contributed by atoms with Crippen LogP contribution in [0.2, 0.25) is 5.02 Å². The molecule has 0 aliphatic rings. The highest BCUT2D eigenvalue weighted by atomic mass is 35.5. The Hall–Kier alpha value is -0.620. The second kappa shape index (κ2) is 4.94. The van der Waals surface area contributed by atoms with Crippen LogP contribution in [0.4, 0.5) is 0 Å². The molecule has 1 N–H and O–H groups in total. The summed E-state index contributed by atoms with van der Waals surface area (Å²) in [5.41, 5.74) is 0.827. The highest BCUT2D eigenvalue weighted by Gasteiger charge is 2.11. The third-order valence-corrected chi connectivity index (χ3v) is 3.53. The second-order valence-electron chi connectivity index (χ2n) is 3.24. The van der Waals surface area contributed by atoms with E-state index in [0.29, 0.717) is 5.02 Å². The molecule has 0 atom stereocenters. The van der Waals surface area contributed by atoms with Crippen LogP contribution < -0.4 is 4.72 Å². The highest BCUT2D eigenvalue weighted by Crippen LogP contribution is 2.10. The molecule has 1 aromatic carbocycles. The molecule has 0 fully saturated rings. The number of benzene rings is 1. The van der Waals surface area contributed by atoms with E-state index in [4.69, 9.17) is 11.6 Å². The van der Waals surface area contributed by atoms with Gasteiger partial charge in [0.05, 0.1) is 0 Å². The van der Waals surface area contributed by atoms with E-state index in [0.717, 1.165) is 9.87 Å². The number of nitrogens with one attached hydrogen (secondary N) is 1. The van der Waals surface area contributed by atoms with Gasteiger partial charge in [-0.3, -0.25) is 0 Å². The van der Waals surface area contributed by atoms with Gasteiger partial charge in [-0.05, 0) is 17.7 Å². The zero-order valence-electron chi connectivity index (χ0n) is 8.57. The summed E-state index contributed by atoms with van der Waals surface area (Å²) in [6.07, 6.45) is 0. The van der Waals surface area contributed by atoms with E-state index >= 15 is 0 Å². The summed E-state index contributed by atoms with van der Waals surface area (Å²) in [5, 5.41) is 0.594. The fourth-order valence-electron chi connectivity index (χ4n) is 0.951. The lowest BCUT2D eigenvalue weighted by atomic mass is 10.2. The first kappa shape index (κ1) is 12.4. The van der Waals surface area contributed by atoms with Gasteiger partial charge in [-0.2, -0.15) is 17.4 Å². The molecule has 0 aromatic heterocycles. The van der Waals surface area contributed by atoms with Crippen molar-refractivity contribution in [3.8, 4) is 0 Å². The second-order valence-corrected chi connectivity index (χ2v) is 5.64. The van der Waals surface area contributed by atoms with Crippen molar-refractivity contribution in [1.29, 1.82) is 0 Å². The minimum Gasteiger partial charge on any atom is -0.198 e. The molecule has 1 aromatic rings. The highest BCUT2D eigenvalue weighted by molar-refractivity contribution is 7.87. The number of hydrogen-bond donors (Lipinski definition) is 1. The van der Waals surface area contributed by atoms with Gasteiger partial charge >= 0.3 is 0 Å². The van der Waals surface area contributed by atoms with Gasteiger partial charge in [0.25, 0.3) is 10.2 Å². The molecular weight excluding hydrogens is 236 g/mol. The minimum absolute atomic E-state index is 0.237. The summed E-state index contributed by atoms with van der Waals surface area (Å²) in [6, 6.07) is 7.05. The standard InChI is InChI=1S/C9H13ClN2O2S/c1-12(2)15(13,14)11-7-8-4-3-5-9(10)6-8/h3-6,11H,7H2,1-2H3. The van der Waals surface area contributed by atoms with Crippen LogP contribution in [-0.4, -0.2) is 26.8 Å². The third-order valence-electron chi connectivity index (χ3n) is 1.83. The third kappa shape index (κ3) is 3.79. The first-order valence-corrected chi connectivity index (χ1v) is 6.15. The number of hydrogen-bond acceptors (Lipinski definition) is 2. The fourth-order valence-corrected chi connectivity index (χ4v) is 1.77. The fraction of sp³-hybridized carbons (Fsp3) is 0.333. The van der Waals surface area contributed by atoms with Crippen LogP contribution >= 0.6 is 11.6 Å². The molecule has 0 bridgehead atoms. The van der Waals surface area contributed by atoms with Gasteiger partial charge in [-0.15, -0.1) is 0 Å². The molecule has 4 nitrogen and oxygen atoms in total. The Morgan fingerprint density at radius 2 is 2.07 bits per heavy atom. The van der Waals surface area contributed by atoms with Crippen molar-refractivity contribution in [3.05, 3.63) is 34.9 Å². The lowest BCUT2D eigenvalue weighted by Gasteiger charge is -2.12. The lowest BCUT2D eigenvalue weighted by Crippen LogP contribution is -2.35. The molecule has 84 valence electrons. The molecule has 0 aliphatic heterocycles. The monoisotopic (exact) mass is 248 g/mol. The maximum Gasteiger partial charge on any atom is 0.279 e. The first-order valence-electron chi connectivity index (χ1n) is 4.33. The van der Waals surface area contributed by atoms with Gasteiger partial charge in [0.2, 0.25) is 0 Å². The molecular formula is C9H13ClN2O2S. The summed E-state index contributed by atoms with van der Waals surface area (Å²) in [4.78, 5) is 0. The van der Waals surface area contributed by atoms with Gasteiger partial charge in [0.15, 0.2) is 0 Å². The van der Waals surface area contributed by atoms with Gasteiger partial charge < -0.3 is 0 Å². The summed E-state index contributed by atoms with van der Waals surface area (Å²) < 4.78 is 26.3. The van der Waals surface area contributed by atoms with E-state index in [1.165, 1.54) is 14.1 Å². The molecule has 0 amide bonds. The number of halogens is 1. The van der Waals surface area contributed by atoms with E-state index in [9.17, 15) is 8.42 Å². The number of rotatable bonds is 4. The predicted molar refractivity (Wildman–Crippen MR) is 60.9 cm³/mol. The van der Waals surface area contributed by atoms with Gasteiger partial charge in [0, 0.05) is 25.7 Å². The zero-order valence-corrected chi connectivity index (χ0v) is 10.1. The zero-order chi connectivity index (χ0) is 11.5. The van der Waals surface area contributed by atoms with Crippen LogP contribution in [0.1, 0.15) is 5.56 Å². The quantitative estimate of drug-likeness (QED) is 0.872. The Kier molecular flexibility index (Phi) is 4.10. The maximum absolute atomic E-state index is 11.4. The molecule has 0 heterocycles. The van der Waals surface area contributed by atoms with Crippen LogP contribution in [0.15, 0.2) is 24.3 Å². The summed E-state index contributed by atoms with van der Waals surface area (Å²) >= 11 is 5.77. The Labute approximate surface area is 95.0 Å². The lowest BCUT2D eigenvalue weighted by molar-refractivity contribution is 0.505. The van der Waals surface area contributed by atoms with Crippen LogP contribution in [0, 0.1) is 0 Å². The van der Waals surface area contributed by atoms with E-state index in [1.807, 2.05) is 6.07 Å².